The Morgan fingerprint density at radius 1 is 1.42 bits per heavy atom. The van der Waals surface area contributed by atoms with Crippen molar-refractivity contribution in [3.8, 4) is 0 Å². The van der Waals surface area contributed by atoms with Crippen molar-refractivity contribution in [2.24, 2.45) is 10.4 Å². The fraction of sp³-hybridized carbons (Fsp3) is 1.00. The lowest BCUT2D eigenvalue weighted by molar-refractivity contribution is -0.0184. The van der Waals surface area contributed by atoms with E-state index in [0.717, 1.165) is 0 Å². The van der Waals surface area contributed by atoms with Crippen molar-refractivity contribution < 1.29 is 0 Å². The lowest BCUT2D eigenvalue weighted by atomic mass is 9.90. The van der Waals surface area contributed by atoms with Crippen LogP contribution in [0.15, 0.2) is 10.4 Å². The normalized spacial score (nSPS) is 28.2. The van der Waals surface area contributed by atoms with Crippen molar-refractivity contribution in [1.82, 2.24) is 4.90 Å². The Morgan fingerprint density at radius 3 is 2.17 bits per heavy atom. The molecular formula is C7H13N3O2. The monoisotopic (exact) mass is 171 g/mol. The van der Waals surface area contributed by atoms with E-state index in [9.17, 15) is 9.81 Å². The van der Waals surface area contributed by atoms with Crippen LogP contribution in [-0.2, 0) is 0 Å². The van der Waals surface area contributed by atoms with Gasteiger partial charge in [0.1, 0.15) is 0 Å². The summed E-state index contributed by atoms with van der Waals surface area (Å²) in [6.45, 7) is 6.18. The summed E-state index contributed by atoms with van der Waals surface area (Å²) in [6, 6.07) is 0.170. The van der Waals surface area contributed by atoms with E-state index < -0.39 is 5.66 Å². The van der Waals surface area contributed by atoms with Crippen molar-refractivity contribution in [2.45, 2.75) is 38.5 Å². The van der Waals surface area contributed by atoms with Crippen molar-refractivity contribution in [3.63, 3.8) is 0 Å². The van der Waals surface area contributed by atoms with Crippen LogP contribution in [0, 0.1) is 9.81 Å². The molecule has 0 saturated carbocycles. The quantitative estimate of drug-likeness (QED) is 0.602. The van der Waals surface area contributed by atoms with E-state index in [-0.39, 0.29) is 6.04 Å². The van der Waals surface area contributed by atoms with Gasteiger partial charge < -0.3 is 0 Å². The summed E-state index contributed by atoms with van der Waals surface area (Å²) in [5.41, 5.74) is -1.22. The minimum absolute atomic E-state index is 0.160. The van der Waals surface area contributed by atoms with Gasteiger partial charge in [-0.1, -0.05) is 0 Å². The van der Waals surface area contributed by atoms with Gasteiger partial charge >= 0.3 is 0 Å². The zero-order valence-corrected chi connectivity index (χ0v) is 7.52. The first-order valence-electron chi connectivity index (χ1n) is 4.02. The van der Waals surface area contributed by atoms with Crippen molar-refractivity contribution in [3.05, 3.63) is 9.81 Å². The molecule has 0 N–H and O–H groups in total. The molecule has 1 rings (SSSR count). The maximum absolute atomic E-state index is 10.3. The van der Waals surface area contributed by atoms with Gasteiger partial charge in [-0.25, -0.2) is 0 Å². The summed E-state index contributed by atoms with van der Waals surface area (Å²) in [5, 5.41) is 5.57. The molecule has 0 bridgehead atoms. The number of rotatable bonds is 3. The van der Waals surface area contributed by atoms with E-state index in [0.29, 0.717) is 12.6 Å². The Kier molecular flexibility index (Phi) is 2.23. The van der Waals surface area contributed by atoms with Crippen LogP contribution in [-0.4, -0.2) is 29.2 Å². The van der Waals surface area contributed by atoms with Crippen LogP contribution in [0.2, 0.25) is 0 Å². The van der Waals surface area contributed by atoms with E-state index in [1.165, 1.54) is 0 Å². The van der Waals surface area contributed by atoms with Crippen LogP contribution in [0.5, 0.6) is 0 Å². The minimum atomic E-state index is -1.22. The second-order valence-electron chi connectivity index (χ2n) is 3.50. The van der Waals surface area contributed by atoms with Crippen LogP contribution in [0.1, 0.15) is 20.8 Å². The van der Waals surface area contributed by atoms with Gasteiger partial charge in [-0.2, -0.15) is 0 Å². The van der Waals surface area contributed by atoms with Gasteiger partial charge in [0.25, 0.3) is 5.66 Å². The topological polar surface area (TPSA) is 62.1 Å². The van der Waals surface area contributed by atoms with Gasteiger partial charge in [0.2, 0.25) is 0 Å². The number of hydrogen-bond acceptors (Lipinski definition) is 5. The first kappa shape index (κ1) is 9.25. The summed E-state index contributed by atoms with van der Waals surface area (Å²) in [7, 11) is 0. The van der Waals surface area contributed by atoms with Gasteiger partial charge in [0.05, 0.1) is 12.6 Å². The molecule has 0 aromatic rings. The Bertz CT molecular complexity index is 197. The van der Waals surface area contributed by atoms with E-state index in [1.54, 1.807) is 6.92 Å². The molecule has 1 heterocycles. The molecule has 12 heavy (non-hydrogen) atoms. The van der Waals surface area contributed by atoms with Gasteiger partial charge in [0.15, 0.2) is 0 Å². The first-order valence-corrected chi connectivity index (χ1v) is 4.02. The molecule has 5 nitrogen and oxygen atoms in total. The molecular weight excluding hydrogens is 158 g/mol. The maximum atomic E-state index is 10.3. The van der Waals surface area contributed by atoms with Crippen molar-refractivity contribution in [1.29, 1.82) is 0 Å². The Morgan fingerprint density at radius 2 is 1.92 bits per heavy atom. The Hall–Kier alpha value is -0.840. The Labute approximate surface area is 71.1 Å². The smallest absolute Gasteiger partial charge is 0.259 e. The SMILES string of the molecule is CC(C)N1CC(N=O)(N=O)C1C. The average molecular weight is 171 g/mol. The van der Waals surface area contributed by atoms with E-state index in [2.05, 4.69) is 10.4 Å². The predicted octanol–water partition coefficient (Wildman–Crippen LogP) is 1.33. The highest BCUT2D eigenvalue weighted by atomic mass is 16.3. The number of nitroso groups, excluding NO2 is 2. The molecule has 1 aliphatic rings. The molecule has 1 unspecified atom stereocenters. The van der Waals surface area contributed by atoms with E-state index >= 15 is 0 Å². The van der Waals surface area contributed by atoms with Crippen LogP contribution in [0.3, 0.4) is 0 Å². The number of likely N-dealkylation sites (tertiary alicyclic amines) is 1. The lowest BCUT2D eigenvalue weighted by Gasteiger charge is -2.49. The fourth-order valence-electron chi connectivity index (χ4n) is 1.55. The Balaban J connectivity index is 2.68. The van der Waals surface area contributed by atoms with Crippen LogP contribution < -0.4 is 0 Å². The highest BCUT2D eigenvalue weighted by Gasteiger charge is 2.54. The summed E-state index contributed by atoms with van der Waals surface area (Å²) in [6.07, 6.45) is 0. The van der Waals surface area contributed by atoms with E-state index in [1.807, 2.05) is 18.7 Å². The highest BCUT2D eigenvalue weighted by Crippen LogP contribution is 2.35. The summed E-state index contributed by atoms with van der Waals surface area (Å²) < 4.78 is 0. The summed E-state index contributed by atoms with van der Waals surface area (Å²) >= 11 is 0. The van der Waals surface area contributed by atoms with Crippen LogP contribution in [0.25, 0.3) is 0 Å². The summed E-state index contributed by atoms with van der Waals surface area (Å²) in [4.78, 5) is 22.7. The molecule has 68 valence electrons. The third kappa shape index (κ3) is 1.04. The van der Waals surface area contributed by atoms with Gasteiger partial charge in [-0.3, -0.25) is 4.90 Å². The summed E-state index contributed by atoms with van der Waals surface area (Å²) in [5.74, 6) is 0. The second kappa shape index (κ2) is 2.90. The minimum Gasteiger partial charge on any atom is -0.289 e. The molecule has 0 aromatic carbocycles. The molecule has 0 aromatic heterocycles. The molecule has 1 aliphatic heterocycles. The molecule has 0 radical (unpaired) electrons. The third-order valence-corrected chi connectivity index (χ3v) is 2.56. The second-order valence-corrected chi connectivity index (χ2v) is 3.50. The van der Waals surface area contributed by atoms with Gasteiger partial charge in [-0.15, -0.1) is 9.81 Å². The van der Waals surface area contributed by atoms with Crippen molar-refractivity contribution in [2.75, 3.05) is 6.54 Å². The maximum Gasteiger partial charge on any atom is 0.259 e. The molecule has 0 spiro atoms. The van der Waals surface area contributed by atoms with E-state index in [4.69, 9.17) is 0 Å². The lowest BCUT2D eigenvalue weighted by Crippen LogP contribution is -2.67. The molecule has 5 heteroatoms. The third-order valence-electron chi connectivity index (χ3n) is 2.56. The number of hydrogen-bond donors (Lipinski definition) is 0. The number of nitrogens with zero attached hydrogens (tertiary/aromatic N) is 3. The zero-order valence-electron chi connectivity index (χ0n) is 7.52. The zero-order chi connectivity index (χ0) is 9.35. The van der Waals surface area contributed by atoms with Crippen LogP contribution in [0.4, 0.5) is 0 Å². The average Bonchev–Trinajstić information content (AvgIpc) is 2.04. The molecule has 0 aliphatic carbocycles. The molecule has 1 atom stereocenters. The predicted molar refractivity (Wildman–Crippen MR) is 45.6 cm³/mol. The largest absolute Gasteiger partial charge is 0.289 e. The molecule has 1 fully saturated rings. The highest BCUT2D eigenvalue weighted by molar-refractivity contribution is 5.08. The van der Waals surface area contributed by atoms with Gasteiger partial charge in [-0.05, 0) is 31.1 Å². The standard InChI is InChI=1S/C7H13N3O2/c1-5(2)10-4-7(8-11,9-12)6(10)3/h5-6H,4H2,1-3H3. The first-order chi connectivity index (χ1) is 5.57. The molecule has 1 saturated heterocycles. The molecule has 0 amide bonds. The van der Waals surface area contributed by atoms with Crippen molar-refractivity contribution >= 4 is 0 Å². The van der Waals surface area contributed by atoms with Crippen LogP contribution >= 0.6 is 0 Å². The van der Waals surface area contributed by atoms with Gasteiger partial charge in [0, 0.05) is 6.04 Å². The fourth-order valence-corrected chi connectivity index (χ4v) is 1.55.